The van der Waals surface area contributed by atoms with Crippen molar-refractivity contribution in [3.05, 3.63) is 23.5 Å². The van der Waals surface area contributed by atoms with Crippen molar-refractivity contribution < 1.29 is 21.2 Å². The topological polar surface area (TPSA) is 97.5 Å². The monoisotopic (exact) mass is 324 g/mol. The minimum absolute atomic E-state index is 0.154. The molecule has 0 unspecified atom stereocenters. The van der Waals surface area contributed by atoms with Gasteiger partial charge >= 0.3 is 0 Å². The van der Waals surface area contributed by atoms with Crippen LogP contribution in [0.1, 0.15) is 5.56 Å². The number of nitrogen functional groups attached to an aromatic ring is 1. The molecular formula is C11H17FN2O4S2. The third-order valence-electron chi connectivity index (χ3n) is 2.79. The van der Waals surface area contributed by atoms with E-state index in [1.165, 1.54) is 7.05 Å². The molecular weight excluding hydrogens is 307 g/mol. The fourth-order valence-corrected chi connectivity index (χ4v) is 3.42. The smallest absolute Gasteiger partial charge is 0.245 e. The first-order chi connectivity index (χ1) is 8.95. The lowest BCUT2D eigenvalue weighted by atomic mass is 10.2. The minimum atomic E-state index is -4.12. The maximum absolute atomic E-state index is 13.8. The van der Waals surface area contributed by atoms with Gasteiger partial charge in [0.15, 0.2) is 0 Å². The van der Waals surface area contributed by atoms with E-state index in [9.17, 15) is 21.2 Å². The number of halogens is 1. The lowest BCUT2D eigenvalue weighted by Crippen LogP contribution is -2.32. The van der Waals surface area contributed by atoms with Crippen LogP contribution >= 0.6 is 0 Å². The number of sulfone groups is 1. The van der Waals surface area contributed by atoms with Crippen LogP contribution in [0.3, 0.4) is 0 Å². The fraction of sp³-hybridized carbons (Fsp3) is 0.455. The summed E-state index contributed by atoms with van der Waals surface area (Å²) in [6.07, 6.45) is 0.998. The summed E-state index contributed by atoms with van der Waals surface area (Å²) in [4.78, 5) is -0.559. The van der Waals surface area contributed by atoms with Crippen molar-refractivity contribution in [2.45, 2.75) is 11.8 Å². The predicted octanol–water partition coefficient (Wildman–Crippen LogP) is 0.381. The van der Waals surface area contributed by atoms with Gasteiger partial charge in [0.05, 0.1) is 5.75 Å². The predicted molar refractivity (Wildman–Crippen MR) is 75.1 cm³/mol. The molecule has 0 saturated carbocycles. The third-order valence-corrected chi connectivity index (χ3v) is 5.58. The number of nitrogens with two attached hydrogens (primary N) is 1. The van der Waals surface area contributed by atoms with Gasteiger partial charge in [0.25, 0.3) is 0 Å². The van der Waals surface area contributed by atoms with E-state index >= 15 is 0 Å². The van der Waals surface area contributed by atoms with E-state index < -0.39 is 30.6 Å². The molecule has 0 bridgehead atoms. The zero-order valence-electron chi connectivity index (χ0n) is 11.4. The molecule has 9 heteroatoms. The van der Waals surface area contributed by atoms with Crippen molar-refractivity contribution in [3.8, 4) is 0 Å². The molecule has 2 N–H and O–H groups in total. The lowest BCUT2D eigenvalue weighted by molar-refractivity contribution is 0.477. The van der Waals surface area contributed by atoms with Gasteiger partial charge in [-0.1, -0.05) is 0 Å². The van der Waals surface area contributed by atoms with Crippen LogP contribution in [0.4, 0.5) is 10.1 Å². The largest absolute Gasteiger partial charge is 0.398 e. The van der Waals surface area contributed by atoms with Gasteiger partial charge in [-0.3, -0.25) is 0 Å². The van der Waals surface area contributed by atoms with Gasteiger partial charge in [0.1, 0.15) is 20.5 Å². The summed E-state index contributed by atoms with van der Waals surface area (Å²) in [5, 5.41) is 0. The highest BCUT2D eigenvalue weighted by atomic mass is 32.2. The highest BCUT2D eigenvalue weighted by Gasteiger charge is 2.26. The first-order valence-electron chi connectivity index (χ1n) is 5.65. The molecule has 0 radical (unpaired) electrons. The molecule has 0 atom stereocenters. The molecule has 0 fully saturated rings. The van der Waals surface area contributed by atoms with Crippen LogP contribution in [0.5, 0.6) is 0 Å². The summed E-state index contributed by atoms with van der Waals surface area (Å²) in [7, 11) is -6.24. The number of rotatable bonds is 5. The maximum Gasteiger partial charge on any atom is 0.245 e. The molecule has 0 heterocycles. The first-order valence-corrected chi connectivity index (χ1v) is 9.15. The van der Waals surface area contributed by atoms with E-state index in [-0.39, 0.29) is 18.0 Å². The average molecular weight is 324 g/mol. The average Bonchev–Trinajstić information content (AvgIpc) is 2.29. The van der Waals surface area contributed by atoms with Crippen LogP contribution in [0.25, 0.3) is 0 Å². The normalized spacial score (nSPS) is 12.8. The van der Waals surface area contributed by atoms with Gasteiger partial charge in [-0.15, -0.1) is 0 Å². The van der Waals surface area contributed by atoms with Gasteiger partial charge < -0.3 is 5.73 Å². The summed E-state index contributed by atoms with van der Waals surface area (Å²) < 4.78 is 61.0. The molecule has 20 heavy (non-hydrogen) atoms. The van der Waals surface area contributed by atoms with Crippen molar-refractivity contribution in [2.24, 2.45) is 0 Å². The molecule has 0 aliphatic rings. The summed E-state index contributed by atoms with van der Waals surface area (Å²) >= 11 is 0. The zero-order chi connectivity index (χ0) is 15.7. The van der Waals surface area contributed by atoms with Crippen LogP contribution in [-0.4, -0.2) is 46.7 Å². The van der Waals surface area contributed by atoms with Crippen molar-refractivity contribution in [1.82, 2.24) is 4.31 Å². The number of hydrogen-bond acceptors (Lipinski definition) is 5. The second kappa shape index (κ2) is 5.66. The van der Waals surface area contributed by atoms with E-state index in [2.05, 4.69) is 0 Å². The standard InChI is InChI=1S/C11H17FN2O4S2/c1-8-6-9(12)11(7-10(8)13)20(17,18)14(2)4-5-19(3,15)16/h6-7H,4-5,13H2,1-3H3. The third kappa shape index (κ3) is 3.90. The maximum atomic E-state index is 13.8. The van der Waals surface area contributed by atoms with Crippen LogP contribution in [0.15, 0.2) is 17.0 Å². The number of hydrogen-bond donors (Lipinski definition) is 1. The quantitative estimate of drug-likeness (QED) is 0.790. The number of anilines is 1. The van der Waals surface area contributed by atoms with E-state index in [0.29, 0.717) is 5.56 Å². The van der Waals surface area contributed by atoms with Gasteiger partial charge in [-0.25, -0.2) is 21.2 Å². The summed E-state index contributed by atoms with van der Waals surface area (Å²) in [6.45, 7) is 1.30. The molecule has 1 aromatic carbocycles. The molecule has 114 valence electrons. The van der Waals surface area contributed by atoms with E-state index in [0.717, 1.165) is 22.7 Å². The van der Waals surface area contributed by atoms with Crippen LogP contribution in [0, 0.1) is 12.7 Å². The Kier molecular flexibility index (Phi) is 4.78. The summed E-state index contributed by atoms with van der Waals surface area (Å²) in [6, 6.07) is 2.07. The van der Waals surface area contributed by atoms with Crippen molar-refractivity contribution in [2.75, 3.05) is 31.3 Å². The number of benzene rings is 1. The second-order valence-corrected chi connectivity index (χ2v) is 8.87. The van der Waals surface area contributed by atoms with Gasteiger partial charge in [-0.2, -0.15) is 4.31 Å². The first kappa shape index (κ1) is 16.9. The van der Waals surface area contributed by atoms with Crippen LogP contribution < -0.4 is 5.73 Å². The van der Waals surface area contributed by atoms with Gasteiger partial charge in [0.2, 0.25) is 10.0 Å². The van der Waals surface area contributed by atoms with Crippen LogP contribution in [-0.2, 0) is 19.9 Å². The zero-order valence-corrected chi connectivity index (χ0v) is 13.1. The highest BCUT2D eigenvalue weighted by Crippen LogP contribution is 2.23. The Morgan fingerprint density at radius 2 is 1.80 bits per heavy atom. The van der Waals surface area contributed by atoms with E-state index in [4.69, 9.17) is 5.73 Å². The Bertz CT molecular complexity index is 714. The lowest BCUT2D eigenvalue weighted by Gasteiger charge is -2.17. The van der Waals surface area contributed by atoms with Crippen LogP contribution in [0.2, 0.25) is 0 Å². The molecule has 0 saturated heterocycles. The molecule has 0 aliphatic heterocycles. The van der Waals surface area contributed by atoms with Gasteiger partial charge in [0, 0.05) is 25.5 Å². The Morgan fingerprint density at radius 3 is 2.30 bits per heavy atom. The molecule has 0 aliphatic carbocycles. The van der Waals surface area contributed by atoms with Crippen molar-refractivity contribution in [3.63, 3.8) is 0 Å². The number of nitrogens with zero attached hydrogens (tertiary/aromatic N) is 1. The molecule has 0 aromatic heterocycles. The Labute approximate surface area is 118 Å². The fourth-order valence-electron chi connectivity index (χ4n) is 1.45. The van der Waals surface area contributed by atoms with Crippen molar-refractivity contribution >= 4 is 25.5 Å². The summed E-state index contributed by atoms with van der Waals surface area (Å²) in [5.74, 6) is -1.26. The Balaban J connectivity index is 3.14. The Morgan fingerprint density at radius 1 is 1.25 bits per heavy atom. The second-order valence-electron chi connectivity index (χ2n) is 4.60. The number of aryl methyl sites for hydroxylation is 1. The van der Waals surface area contributed by atoms with E-state index in [1.54, 1.807) is 6.92 Å². The Hall–Kier alpha value is -1.19. The highest BCUT2D eigenvalue weighted by molar-refractivity contribution is 7.91. The molecule has 0 amide bonds. The minimum Gasteiger partial charge on any atom is -0.398 e. The molecule has 1 aromatic rings. The van der Waals surface area contributed by atoms with E-state index in [1.807, 2.05) is 0 Å². The number of sulfonamides is 1. The molecule has 1 rings (SSSR count). The SMILES string of the molecule is Cc1cc(F)c(S(=O)(=O)N(C)CCS(C)(=O)=O)cc1N. The molecule has 6 nitrogen and oxygen atoms in total. The van der Waals surface area contributed by atoms with Crippen molar-refractivity contribution in [1.29, 1.82) is 0 Å². The van der Waals surface area contributed by atoms with Gasteiger partial charge in [-0.05, 0) is 24.6 Å². The summed E-state index contributed by atoms with van der Waals surface area (Å²) in [5.41, 5.74) is 6.17. The molecule has 0 spiro atoms.